The summed E-state index contributed by atoms with van der Waals surface area (Å²) in [4.78, 5) is 18.5. The lowest BCUT2D eigenvalue weighted by Gasteiger charge is -2.36. The Kier molecular flexibility index (Phi) is 4.22. The topological polar surface area (TPSA) is 91.8 Å². The number of hydrogen-bond donors (Lipinski definition) is 2. The van der Waals surface area contributed by atoms with Crippen molar-refractivity contribution in [2.24, 2.45) is 16.8 Å². The third-order valence-corrected chi connectivity index (χ3v) is 3.76. The van der Waals surface area contributed by atoms with Crippen LogP contribution in [0.25, 0.3) is 0 Å². The molecule has 1 aromatic heterocycles. The van der Waals surface area contributed by atoms with Crippen LogP contribution in [0.2, 0.25) is 0 Å². The van der Waals surface area contributed by atoms with E-state index in [1.54, 1.807) is 12.1 Å². The number of nitrogens with two attached hydrogens (primary N) is 1. The van der Waals surface area contributed by atoms with Gasteiger partial charge in [-0.2, -0.15) is 0 Å². The number of oxime groups is 1. The Morgan fingerprint density at radius 1 is 1.45 bits per heavy atom. The van der Waals surface area contributed by atoms with Crippen LogP contribution in [0.3, 0.4) is 0 Å². The molecule has 0 saturated carbocycles. The Bertz CT molecular complexity index is 512. The second-order valence-corrected chi connectivity index (χ2v) is 5.41. The minimum Gasteiger partial charge on any atom is -0.409 e. The Morgan fingerprint density at radius 3 is 2.80 bits per heavy atom. The van der Waals surface area contributed by atoms with Gasteiger partial charge in [-0.1, -0.05) is 12.1 Å². The van der Waals surface area contributed by atoms with Crippen molar-refractivity contribution in [3.05, 3.63) is 29.6 Å². The van der Waals surface area contributed by atoms with Gasteiger partial charge >= 0.3 is 0 Å². The highest BCUT2D eigenvalue weighted by Crippen LogP contribution is 2.22. The number of likely N-dealkylation sites (tertiary alicyclic amines) is 1. The highest BCUT2D eigenvalue weighted by molar-refractivity contribution is 5.98. The number of nitrogens with zero attached hydrogens (tertiary/aromatic N) is 3. The van der Waals surface area contributed by atoms with Crippen LogP contribution in [-0.4, -0.2) is 39.4 Å². The smallest absolute Gasteiger partial charge is 0.272 e. The summed E-state index contributed by atoms with van der Waals surface area (Å²) < 4.78 is 0. The SMILES string of the molecule is CC1CCC(C)N(C(=O)c2ccc(C(N)=NO)cn2)C1. The summed E-state index contributed by atoms with van der Waals surface area (Å²) >= 11 is 0. The van der Waals surface area contributed by atoms with Gasteiger partial charge in [0.05, 0.1) is 0 Å². The molecule has 1 aromatic rings. The number of aromatic nitrogens is 1. The minimum atomic E-state index is -0.0601. The lowest BCUT2D eigenvalue weighted by molar-refractivity contribution is 0.0568. The van der Waals surface area contributed by atoms with Crippen molar-refractivity contribution in [1.82, 2.24) is 9.88 Å². The Morgan fingerprint density at radius 2 is 2.20 bits per heavy atom. The van der Waals surface area contributed by atoms with Crippen molar-refractivity contribution in [3.63, 3.8) is 0 Å². The van der Waals surface area contributed by atoms with E-state index >= 15 is 0 Å². The van der Waals surface area contributed by atoms with Gasteiger partial charge in [-0.25, -0.2) is 0 Å². The molecule has 0 aromatic carbocycles. The summed E-state index contributed by atoms with van der Waals surface area (Å²) in [5.41, 5.74) is 6.35. The predicted molar refractivity (Wildman–Crippen MR) is 75.6 cm³/mol. The van der Waals surface area contributed by atoms with Crippen LogP contribution in [0.1, 0.15) is 42.7 Å². The summed E-state index contributed by atoms with van der Waals surface area (Å²) in [7, 11) is 0. The molecule has 0 bridgehead atoms. The molecule has 1 aliphatic heterocycles. The number of rotatable bonds is 2. The number of hydrogen-bond acceptors (Lipinski definition) is 4. The summed E-state index contributed by atoms with van der Waals surface area (Å²) in [6, 6.07) is 3.49. The second kappa shape index (κ2) is 5.90. The monoisotopic (exact) mass is 276 g/mol. The number of carbonyl (C=O) groups is 1. The van der Waals surface area contributed by atoms with Gasteiger partial charge in [0.25, 0.3) is 5.91 Å². The van der Waals surface area contributed by atoms with Crippen molar-refractivity contribution >= 4 is 11.7 Å². The molecular formula is C14H20N4O2. The summed E-state index contributed by atoms with van der Waals surface area (Å²) in [5, 5.41) is 11.5. The van der Waals surface area contributed by atoms with Gasteiger partial charge in [0.15, 0.2) is 5.84 Å². The molecule has 0 aliphatic carbocycles. The van der Waals surface area contributed by atoms with E-state index in [0.29, 0.717) is 17.2 Å². The largest absolute Gasteiger partial charge is 0.409 e. The van der Waals surface area contributed by atoms with Gasteiger partial charge in [-0.15, -0.1) is 0 Å². The van der Waals surface area contributed by atoms with Crippen LogP contribution < -0.4 is 5.73 Å². The Hall–Kier alpha value is -2.11. The van der Waals surface area contributed by atoms with Crippen molar-refractivity contribution in [2.75, 3.05) is 6.54 Å². The molecule has 0 spiro atoms. The predicted octanol–water partition coefficient (Wildman–Crippen LogP) is 1.44. The molecule has 1 amide bonds. The van der Waals surface area contributed by atoms with E-state index in [1.165, 1.54) is 6.20 Å². The fourth-order valence-electron chi connectivity index (χ4n) is 2.45. The maximum atomic E-state index is 12.5. The van der Waals surface area contributed by atoms with Gasteiger partial charge in [-0.05, 0) is 37.8 Å². The fraction of sp³-hybridized carbons (Fsp3) is 0.500. The molecule has 2 heterocycles. The lowest BCUT2D eigenvalue weighted by atomic mass is 9.95. The van der Waals surface area contributed by atoms with Crippen LogP contribution in [0, 0.1) is 5.92 Å². The molecule has 1 saturated heterocycles. The van der Waals surface area contributed by atoms with E-state index in [1.807, 2.05) is 4.90 Å². The summed E-state index contributed by atoms with van der Waals surface area (Å²) in [6.07, 6.45) is 3.62. The lowest BCUT2D eigenvalue weighted by Crippen LogP contribution is -2.45. The molecule has 2 atom stereocenters. The standard InChI is InChI=1S/C14H20N4O2/c1-9-3-4-10(2)18(8-9)14(19)12-6-5-11(7-16-12)13(15)17-20/h5-7,9-10,20H,3-4,8H2,1-2H3,(H2,15,17). The Labute approximate surface area is 118 Å². The average Bonchev–Trinajstić information content (AvgIpc) is 2.48. The number of pyridine rings is 1. The van der Waals surface area contributed by atoms with Crippen molar-refractivity contribution in [3.8, 4) is 0 Å². The molecule has 2 rings (SSSR count). The van der Waals surface area contributed by atoms with Gasteiger partial charge in [0, 0.05) is 24.3 Å². The molecule has 20 heavy (non-hydrogen) atoms. The molecule has 1 fully saturated rings. The highest BCUT2D eigenvalue weighted by atomic mass is 16.4. The molecular weight excluding hydrogens is 256 g/mol. The normalized spacial score (nSPS) is 23.7. The maximum Gasteiger partial charge on any atom is 0.272 e. The van der Waals surface area contributed by atoms with Gasteiger partial charge in [0.1, 0.15) is 5.69 Å². The minimum absolute atomic E-state index is 0.0172. The number of amides is 1. The zero-order valence-electron chi connectivity index (χ0n) is 11.8. The van der Waals surface area contributed by atoms with Gasteiger partial charge in [-0.3, -0.25) is 9.78 Å². The van der Waals surface area contributed by atoms with Gasteiger partial charge < -0.3 is 15.8 Å². The molecule has 108 valence electrons. The van der Waals surface area contributed by atoms with E-state index in [0.717, 1.165) is 19.4 Å². The average molecular weight is 276 g/mol. The first-order valence-electron chi connectivity index (χ1n) is 6.78. The molecule has 2 unspecified atom stereocenters. The van der Waals surface area contributed by atoms with Crippen LogP contribution in [0.15, 0.2) is 23.5 Å². The fourth-order valence-corrected chi connectivity index (χ4v) is 2.45. The van der Waals surface area contributed by atoms with Gasteiger partial charge in [0.2, 0.25) is 0 Å². The third kappa shape index (κ3) is 2.89. The zero-order valence-corrected chi connectivity index (χ0v) is 11.8. The zero-order chi connectivity index (χ0) is 14.7. The maximum absolute atomic E-state index is 12.5. The third-order valence-electron chi connectivity index (χ3n) is 3.76. The Balaban J connectivity index is 2.16. The molecule has 1 aliphatic rings. The van der Waals surface area contributed by atoms with Crippen LogP contribution >= 0.6 is 0 Å². The molecule has 6 nitrogen and oxygen atoms in total. The van der Waals surface area contributed by atoms with Crippen molar-refractivity contribution in [2.45, 2.75) is 32.7 Å². The number of piperidine rings is 1. The molecule has 3 N–H and O–H groups in total. The molecule has 6 heteroatoms. The van der Waals surface area contributed by atoms with E-state index < -0.39 is 0 Å². The first kappa shape index (κ1) is 14.3. The van der Waals surface area contributed by atoms with E-state index in [2.05, 4.69) is 24.0 Å². The summed E-state index contributed by atoms with van der Waals surface area (Å²) in [6.45, 7) is 4.99. The first-order valence-corrected chi connectivity index (χ1v) is 6.78. The van der Waals surface area contributed by atoms with E-state index in [-0.39, 0.29) is 17.8 Å². The van der Waals surface area contributed by atoms with Crippen molar-refractivity contribution in [1.29, 1.82) is 0 Å². The first-order chi connectivity index (χ1) is 9.52. The van der Waals surface area contributed by atoms with E-state index in [9.17, 15) is 4.79 Å². The van der Waals surface area contributed by atoms with Crippen LogP contribution in [0.4, 0.5) is 0 Å². The summed E-state index contributed by atoms with van der Waals surface area (Å²) in [5.74, 6) is 0.443. The highest BCUT2D eigenvalue weighted by Gasteiger charge is 2.28. The second-order valence-electron chi connectivity index (χ2n) is 5.41. The van der Waals surface area contributed by atoms with Crippen LogP contribution in [-0.2, 0) is 0 Å². The quantitative estimate of drug-likeness (QED) is 0.370. The van der Waals surface area contributed by atoms with E-state index in [4.69, 9.17) is 10.9 Å². The number of amidine groups is 1. The molecule has 0 radical (unpaired) electrons. The van der Waals surface area contributed by atoms with Crippen LogP contribution in [0.5, 0.6) is 0 Å². The van der Waals surface area contributed by atoms with Crippen molar-refractivity contribution < 1.29 is 10.0 Å². The number of carbonyl (C=O) groups excluding carboxylic acids is 1.